The summed E-state index contributed by atoms with van der Waals surface area (Å²) in [5.41, 5.74) is 4.33. The lowest BCUT2D eigenvalue weighted by atomic mass is 9.84. The van der Waals surface area contributed by atoms with Gasteiger partial charge in [-0.15, -0.1) is 5.10 Å². The smallest absolute Gasteiger partial charge is 0.238 e. The van der Waals surface area contributed by atoms with Gasteiger partial charge in [0.2, 0.25) is 5.88 Å². The minimum Gasteiger partial charge on any atom is -0.479 e. The van der Waals surface area contributed by atoms with Crippen LogP contribution in [0.1, 0.15) is 55.1 Å². The second-order valence-electron chi connectivity index (χ2n) is 9.83. The number of nitriles is 1. The molecule has 0 saturated carbocycles. The summed E-state index contributed by atoms with van der Waals surface area (Å²) in [5, 5.41) is 14.1. The van der Waals surface area contributed by atoms with Gasteiger partial charge in [-0.25, -0.2) is 19.6 Å². The first-order valence-electron chi connectivity index (χ1n) is 12.9. The zero-order chi connectivity index (χ0) is 25.4. The van der Waals surface area contributed by atoms with Gasteiger partial charge in [0.05, 0.1) is 30.8 Å². The van der Waals surface area contributed by atoms with E-state index in [1.165, 1.54) is 18.5 Å². The number of fused-ring (bicyclic) bond motifs is 1. The highest BCUT2D eigenvalue weighted by atomic mass is 16.5. The van der Waals surface area contributed by atoms with Gasteiger partial charge in [-0.05, 0) is 75.4 Å². The summed E-state index contributed by atoms with van der Waals surface area (Å²) in [6.07, 6.45) is 9.38. The van der Waals surface area contributed by atoms with Gasteiger partial charge in [-0.3, -0.25) is 0 Å². The van der Waals surface area contributed by atoms with Gasteiger partial charge in [0.1, 0.15) is 17.2 Å². The molecular formula is C28H30N8O. The quantitative estimate of drug-likeness (QED) is 0.398. The maximum atomic E-state index is 9.21. The van der Waals surface area contributed by atoms with E-state index >= 15 is 0 Å². The summed E-state index contributed by atoms with van der Waals surface area (Å²) in [7, 11) is 1.63. The molecule has 1 fully saturated rings. The summed E-state index contributed by atoms with van der Waals surface area (Å²) in [4.78, 5) is 16.7. The molecule has 9 heteroatoms. The Morgan fingerprint density at radius 2 is 1.86 bits per heavy atom. The Morgan fingerprint density at radius 3 is 2.62 bits per heavy atom. The number of hydrogen-bond acceptors (Lipinski definition) is 7. The Kier molecular flexibility index (Phi) is 6.08. The molecule has 0 N–H and O–H groups in total. The molecule has 0 amide bonds. The van der Waals surface area contributed by atoms with Crippen molar-refractivity contribution in [1.82, 2.24) is 29.3 Å². The average Bonchev–Trinajstić information content (AvgIpc) is 3.59. The molecular weight excluding hydrogens is 464 g/mol. The van der Waals surface area contributed by atoms with Crippen LogP contribution in [0.4, 0.5) is 5.69 Å². The van der Waals surface area contributed by atoms with Crippen molar-refractivity contribution >= 4 is 5.69 Å². The van der Waals surface area contributed by atoms with Crippen LogP contribution in [0.2, 0.25) is 0 Å². The van der Waals surface area contributed by atoms with Crippen molar-refractivity contribution in [1.29, 1.82) is 5.26 Å². The number of hydrogen-bond donors (Lipinski definition) is 0. The molecule has 9 nitrogen and oxygen atoms in total. The van der Waals surface area contributed by atoms with E-state index in [1.807, 2.05) is 42.0 Å². The van der Waals surface area contributed by atoms with Gasteiger partial charge < -0.3 is 14.2 Å². The Balaban J connectivity index is 1.32. The Hall–Kier alpha value is -4.19. The van der Waals surface area contributed by atoms with E-state index in [9.17, 15) is 5.26 Å². The number of methoxy groups -OCH3 is 1. The van der Waals surface area contributed by atoms with Crippen LogP contribution in [0.3, 0.4) is 0 Å². The SMILES string of the molecule is COc1nc(-c2nc3n(n2)CCCC3C2CCCCN2c2ccc(C#N)cc2)ccc1-n1cnc(C)c1. The van der Waals surface area contributed by atoms with Gasteiger partial charge >= 0.3 is 0 Å². The summed E-state index contributed by atoms with van der Waals surface area (Å²) in [6.45, 7) is 3.84. The van der Waals surface area contributed by atoms with E-state index < -0.39 is 0 Å². The topological polar surface area (TPSA) is 97.7 Å². The Labute approximate surface area is 216 Å². The highest BCUT2D eigenvalue weighted by Gasteiger charge is 2.36. The summed E-state index contributed by atoms with van der Waals surface area (Å²) >= 11 is 0. The number of rotatable bonds is 5. The van der Waals surface area contributed by atoms with Gasteiger partial charge in [0.25, 0.3) is 0 Å². The fourth-order valence-electron chi connectivity index (χ4n) is 5.74. The van der Waals surface area contributed by atoms with Crippen molar-refractivity contribution in [3.05, 3.63) is 66.0 Å². The summed E-state index contributed by atoms with van der Waals surface area (Å²) in [6, 6.07) is 14.5. The van der Waals surface area contributed by atoms with E-state index in [0.29, 0.717) is 34.9 Å². The number of pyridine rings is 1. The number of ether oxygens (including phenoxy) is 1. The fraction of sp³-hybridized carbons (Fsp3) is 0.393. The lowest BCUT2D eigenvalue weighted by molar-refractivity contribution is 0.324. The van der Waals surface area contributed by atoms with Crippen molar-refractivity contribution in [2.45, 2.75) is 57.5 Å². The number of nitrogens with zero attached hydrogens (tertiary/aromatic N) is 8. The molecule has 0 aliphatic carbocycles. The van der Waals surface area contributed by atoms with Crippen LogP contribution in [0, 0.1) is 18.3 Å². The van der Waals surface area contributed by atoms with Crippen LogP contribution in [0.25, 0.3) is 17.2 Å². The Morgan fingerprint density at radius 1 is 1.00 bits per heavy atom. The van der Waals surface area contributed by atoms with E-state index in [2.05, 4.69) is 32.8 Å². The van der Waals surface area contributed by atoms with E-state index in [4.69, 9.17) is 19.8 Å². The molecule has 0 radical (unpaired) electrons. The second-order valence-corrected chi connectivity index (χ2v) is 9.83. The first-order valence-corrected chi connectivity index (χ1v) is 12.9. The van der Waals surface area contributed by atoms with Crippen molar-refractivity contribution in [3.63, 3.8) is 0 Å². The van der Waals surface area contributed by atoms with Crippen LogP contribution < -0.4 is 9.64 Å². The minimum absolute atomic E-state index is 0.293. The molecule has 188 valence electrons. The molecule has 37 heavy (non-hydrogen) atoms. The zero-order valence-electron chi connectivity index (χ0n) is 21.2. The third-order valence-corrected chi connectivity index (χ3v) is 7.51. The van der Waals surface area contributed by atoms with Crippen molar-refractivity contribution in [2.75, 3.05) is 18.6 Å². The molecule has 1 aromatic carbocycles. The average molecular weight is 495 g/mol. The number of aromatic nitrogens is 6. The molecule has 0 spiro atoms. The number of piperidine rings is 1. The molecule has 3 aromatic heterocycles. The maximum absolute atomic E-state index is 9.21. The van der Waals surface area contributed by atoms with Crippen LogP contribution in [0.5, 0.6) is 5.88 Å². The normalized spacial score (nSPS) is 19.3. The lowest BCUT2D eigenvalue weighted by Gasteiger charge is -2.42. The molecule has 2 aliphatic heterocycles. The lowest BCUT2D eigenvalue weighted by Crippen LogP contribution is -2.45. The molecule has 0 bridgehead atoms. The third kappa shape index (κ3) is 4.33. The molecule has 2 aliphatic rings. The molecule has 5 heterocycles. The van der Waals surface area contributed by atoms with Crippen LogP contribution in [-0.4, -0.2) is 49.0 Å². The van der Waals surface area contributed by atoms with Crippen LogP contribution in [0.15, 0.2) is 48.9 Å². The zero-order valence-corrected chi connectivity index (χ0v) is 21.2. The predicted molar refractivity (Wildman–Crippen MR) is 140 cm³/mol. The number of benzene rings is 1. The molecule has 2 unspecified atom stereocenters. The fourth-order valence-corrected chi connectivity index (χ4v) is 5.74. The van der Waals surface area contributed by atoms with Gasteiger partial charge in [0, 0.05) is 36.9 Å². The van der Waals surface area contributed by atoms with E-state index in [1.54, 1.807) is 13.4 Å². The number of aryl methyl sites for hydroxylation is 2. The first-order chi connectivity index (χ1) is 18.1. The van der Waals surface area contributed by atoms with Gasteiger partial charge in [-0.2, -0.15) is 5.26 Å². The monoisotopic (exact) mass is 494 g/mol. The van der Waals surface area contributed by atoms with Crippen LogP contribution in [-0.2, 0) is 6.54 Å². The molecule has 6 rings (SSSR count). The second kappa shape index (κ2) is 9.69. The molecule has 4 aromatic rings. The molecule has 2 atom stereocenters. The predicted octanol–water partition coefficient (Wildman–Crippen LogP) is 4.65. The maximum Gasteiger partial charge on any atom is 0.238 e. The minimum atomic E-state index is 0.293. The highest BCUT2D eigenvalue weighted by molar-refractivity contribution is 5.56. The van der Waals surface area contributed by atoms with Crippen molar-refractivity contribution in [3.8, 4) is 29.2 Å². The summed E-state index contributed by atoms with van der Waals surface area (Å²) in [5.74, 6) is 2.48. The first kappa shape index (κ1) is 23.2. The van der Waals surface area contributed by atoms with Crippen molar-refractivity contribution < 1.29 is 4.74 Å². The van der Waals surface area contributed by atoms with Crippen LogP contribution >= 0.6 is 0 Å². The third-order valence-electron chi connectivity index (χ3n) is 7.51. The summed E-state index contributed by atoms with van der Waals surface area (Å²) < 4.78 is 9.61. The standard InChI is InChI=1S/C28H30N8O/c1-19-17-34(18-30-19)25-13-12-23(31-28(25)37-2)26-32-27-22(6-5-15-36(27)33-26)24-7-3-4-14-35(24)21-10-8-20(16-29)9-11-21/h8-13,17-18,22,24H,3-7,14-15H2,1-2H3. The molecule has 1 saturated heterocycles. The largest absolute Gasteiger partial charge is 0.479 e. The number of anilines is 1. The van der Waals surface area contributed by atoms with E-state index in [0.717, 1.165) is 49.6 Å². The Bertz CT molecular complexity index is 1450. The highest BCUT2D eigenvalue weighted by Crippen LogP contribution is 2.39. The van der Waals surface area contributed by atoms with Crippen molar-refractivity contribution in [2.24, 2.45) is 0 Å². The van der Waals surface area contributed by atoms with Gasteiger partial charge in [-0.1, -0.05) is 0 Å². The number of imidazole rings is 1. The van der Waals surface area contributed by atoms with Gasteiger partial charge in [0.15, 0.2) is 5.82 Å². The van der Waals surface area contributed by atoms with E-state index in [-0.39, 0.29) is 0 Å².